The highest BCUT2D eigenvalue weighted by molar-refractivity contribution is 5.51. The number of anilines is 2. The van der Waals surface area contributed by atoms with Crippen molar-refractivity contribution in [3.8, 4) is 0 Å². The van der Waals surface area contributed by atoms with E-state index in [1.54, 1.807) is 0 Å². The molecule has 1 heterocycles. The Morgan fingerprint density at radius 1 is 1.35 bits per heavy atom. The minimum absolute atomic E-state index is 0.779. The zero-order chi connectivity index (χ0) is 12.5. The minimum Gasteiger partial charge on any atom is -0.385 e. The predicted molar refractivity (Wildman–Crippen MR) is 75.6 cm³/mol. The van der Waals surface area contributed by atoms with Gasteiger partial charge in [-0.1, -0.05) is 33.1 Å². The van der Waals surface area contributed by atoms with Gasteiger partial charge in [0.1, 0.15) is 5.82 Å². The van der Waals surface area contributed by atoms with Crippen LogP contribution in [-0.4, -0.2) is 18.6 Å². The first-order valence-corrected chi connectivity index (χ1v) is 6.67. The zero-order valence-corrected chi connectivity index (χ0v) is 11.3. The summed E-state index contributed by atoms with van der Waals surface area (Å²) in [7, 11) is 1.89. The third-order valence-corrected chi connectivity index (χ3v) is 3.15. The maximum Gasteiger partial charge on any atom is 0.127 e. The van der Waals surface area contributed by atoms with Crippen LogP contribution in [0.25, 0.3) is 0 Å². The number of rotatable bonds is 8. The summed E-state index contributed by atoms with van der Waals surface area (Å²) >= 11 is 0. The molecule has 0 aliphatic rings. The molecule has 1 atom stereocenters. The largest absolute Gasteiger partial charge is 0.385 e. The van der Waals surface area contributed by atoms with Gasteiger partial charge in [-0.2, -0.15) is 0 Å². The Kier molecular flexibility index (Phi) is 6.45. The van der Waals surface area contributed by atoms with Crippen LogP contribution in [0.15, 0.2) is 18.3 Å². The third-order valence-electron chi connectivity index (χ3n) is 3.15. The Balaban J connectivity index is 2.41. The molecule has 2 N–H and O–H groups in total. The molecular weight excluding hydrogens is 210 g/mol. The van der Waals surface area contributed by atoms with E-state index >= 15 is 0 Å². The van der Waals surface area contributed by atoms with Crippen molar-refractivity contribution >= 4 is 11.5 Å². The fourth-order valence-corrected chi connectivity index (χ4v) is 1.88. The van der Waals surface area contributed by atoms with E-state index in [1.165, 1.54) is 25.7 Å². The zero-order valence-electron chi connectivity index (χ0n) is 11.3. The summed E-state index contributed by atoms with van der Waals surface area (Å²) in [6, 6.07) is 4.07. The normalized spacial score (nSPS) is 12.2. The second-order valence-electron chi connectivity index (χ2n) is 4.48. The molecule has 1 rings (SSSR count). The van der Waals surface area contributed by atoms with Crippen molar-refractivity contribution in [2.75, 3.05) is 24.2 Å². The predicted octanol–water partition coefficient (Wildman–Crippen LogP) is 3.75. The Labute approximate surface area is 105 Å². The molecule has 3 nitrogen and oxygen atoms in total. The Morgan fingerprint density at radius 3 is 2.82 bits per heavy atom. The number of nitrogens with zero attached hydrogens (tertiary/aromatic N) is 1. The van der Waals surface area contributed by atoms with E-state index in [2.05, 4.69) is 29.5 Å². The molecule has 0 aliphatic carbocycles. The van der Waals surface area contributed by atoms with Crippen LogP contribution >= 0.6 is 0 Å². The van der Waals surface area contributed by atoms with E-state index in [-0.39, 0.29) is 0 Å². The molecule has 96 valence electrons. The first kappa shape index (κ1) is 13.8. The molecule has 1 unspecified atom stereocenters. The van der Waals surface area contributed by atoms with Gasteiger partial charge in [-0.15, -0.1) is 0 Å². The van der Waals surface area contributed by atoms with E-state index in [0.717, 1.165) is 24.0 Å². The van der Waals surface area contributed by atoms with Gasteiger partial charge >= 0.3 is 0 Å². The van der Waals surface area contributed by atoms with Crippen LogP contribution < -0.4 is 10.6 Å². The average Bonchev–Trinajstić information content (AvgIpc) is 2.39. The van der Waals surface area contributed by atoms with Crippen LogP contribution in [0.5, 0.6) is 0 Å². The van der Waals surface area contributed by atoms with Crippen LogP contribution in [0.2, 0.25) is 0 Å². The van der Waals surface area contributed by atoms with Gasteiger partial charge in [0.15, 0.2) is 0 Å². The van der Waals surface area contributed by atoms with Crippen molar-refractivity contribution in [1.82, 2.24) is 4.98 Å². The minimum atomic E-state index is 0.779. The van der Waals surface area contributed by atoms with Gasteiger partial charge < -0.3 is 10.6 Å². The van der Waals surface area contributed by atoms with Crippen LogP contribution in [-0.2, 0) is 0 Å². The summed E-state index contributed by atoms with van der Waals surface area (Å²) in [5.41, 5.74) is 1.15. The standard InChI is InChI=1S/C14H25N3/c1-4-6-7-12(5-2)11-17-13-8-9-16-14(10-13)15-3/h8-10,12H,4-7,11H2,1-3H3,(H2,15,16,17). The monoisotopic (exact) mass is 235 g/mol. The molecule has 0 radical (unpaired) electrons. The van der Waals surface area contributed by atoms with E-state index in [1.807, 2.05) is 25.4 Å². The lowest BCUT2D eigenvalue weighted by Gasteiger charge is -2.16. The number of aromatic nitrogens is 1. The first-order valence-electron chi connectivity index (χ1n) is 6.67. The highest BCUT2D eigenvalue weighted by Gasteiger charge is 2.05. The maximum absolute atomic E-state index is 4.20. The topological polar surface area (TPSA) is 37.0 Å². The Hall–Kier alpha value is -1.25. The number of unbranched alkanes of at least 4 members (excludes halogenated alkanes) is 1. The molecule has 0 saturated carbocycles. The molecule has 0 saturated heterocycles. The van der Waals surface area contributed by atoms with E-state index in [0.29, 0.717) is 0 Å². The molecule has 1 aromatic rings. The van der Waals surface area contributed by atoms with Gasteiger partial charge in [-0.3, -0.25) is 0 Å². The lowest BCUT2D eigenvalue weighted by Crippen LogP contribution is -2.13. The quantitative estimate of drug-likeness (QED) is 0.720. The van der Waals surface area contributed by atoms with Gasteiger partial charge in [0.25, 0.3) is 0 Å². The summed E-state index contributed by atoms with van der Waals surface area (Å²) in [5, 5.41) is 6.55. The van der Waals surface area contributed by atoms with Gasteiger partial charge in [0, 0.05) is 31.5 Å². The molecule has 0 fully saturated rings. The molecular formula is C14H25N3. The molecule has 0 aliphatic heterocycles. The molecule has 0 amide bonds. The second-order valence-corrected chi connectivity index (χ2v) is 4.48. The molecule has 1 aromatic heterocycles. The van der Waals surface area contributed by atoms with E-state index in [9.17, 15) is 0 Å². The Morgan fingerprint density at radius 2 is 2.18 bits per heavy atom. The van der Waals surface area contributed by atoms with Gasteiger partial charge in [-0.05, 0) is 18.4 Å². The van der Waals surface area contributed by atoms with Crippen molar-refractivity contribution in [1.29, 1.82) is 0 Å². The van der Waals surface area contributed by atoms with Crippen LogP contribution in [0.3, 0.4) is 0 Å². The van der Waals surface area contributed by atoms with Gasteiger partial charge in [-0.25, -0.2) is 4.98 Å². The number of hydrogen-bond acceptors (Lipinski definition) is 3. The SMILES string of the molecule is CCCCC(CC)CNc1ccnc(NC)c1. The highest BCUT2D eigenvalue weighted by Crippen LogP contribution is 2.16. The summed E-state index contributed by atoms with van der Waals surface area (Å²) in [4.78, 5) is 4.20. The highest BCUT2D eigenvalue weighted by atomic mass is 15.0. The summed E-state index contributed by atoms with van der Waals surface area (Å²) in [6.07, 6.45) is 7.02. The number of hydrogen-bond donors (Lipinski definition) is 2. The van der Waals surface area contributed by atoms with E-state index < -0.39 is 0 Å². The van der Waals surface area contributed by atoms with Crippen molar-refractivity contribution < 1.29 is 0 Å². The maximum atomic E-state index is 4.20. The van der Waals surface area contributed by atoms with Crippen molar-refractivity contribution in [3.05, 3.63) is 18.3 Å². The fourth-order valence-electron chi connectivity index (χ4n) is 1.88. The first-order chi connectivity index (χ1) is 8.30. The van der Waals surface area contributed by atoms with Crippen LogP contribution in [0, 0.1) is 5.92 Å². The smallest absolute Gasteiger partial charge is 0.127 e. The van der Waals surface area contributed by atoms with Crippen molar-refractivity contribution in [2.45, 2.75) is 39.5 Å². The molecule has 0 spiro atoms. The fraction of sp³-hybridized carbons (Fsp3) is 0.643. The third kappa shape index (κ3) is 5.07. The summed E-state index contributed by atoms with van der Waals surface area (Å²) < 4.78 is 0. The lowest BCUT2D eigenvalue weighted by atomic mass is 9.99. The second kappa shape index (κ2) is 7.93. The lowest BCUT2D eigenvalue weighted by molar-refractivity contribution is 0.473. The molecule has 0 bridgehead atoms. The van der Waals surface area contributed by atoms with Crippen LogP contribution in [0.1, 0.15) is 39.5 Å². The average molecular weight is 235 g/mol. The molecule has 0 aromatic carbocycles. The molecule has 3 heteroatoms. The van der Waals surface area contributed by atoms with Gasteiger partial charge in [0.05, 0.1) is 0 Å². The summed E-state index contributed by atoms with van der Waals surface area (Å²) in [5.74, 6) is 1.69. The Bertz CT molecular complexity index is 312. The van der Waals surface area contributed by atoms with Gasteiger partial charge in [0.2, 0.25) is 0 Å². The number of nitrogens with one attached hydrogen (secondary N) is 2. The molecule has 17 heavy (non-hydrogen) atoms. The number of pyridine rings is 1. The van der Waals surface area contributed by atoms with Crippen molar-refractivity contribution in [2.24, 2.45) is 5.92 Å². The van der Waals surface area contributed by atoms with Crippen LogP contribution in [0.4, 0.5) is 11.5 Å². The van der Waals surface area contributed by atoms with Crippen molar-refractivity contribution in [3.63, 3.8) is 0 Å². The van der Waals surface area contributed by atoms with E-state index in [4.69, 9.17) is 0 Å². The summed E-state index contributed by atoms with van der Waals surface area (Å²) in [6.45, 7) is 5.58.